The van der Waals surface area contributed by atoms with Crippen LogP contribution in [0.1, 0.15) is 23.8 Å². The molecule has 0 radical (unpaired) electrons. The highest BCUT2D eigenvalue weighted by molar-refractivity contribution is 7.98. The summed E-state index contributed by atoms with van der Waals surface area (Å²) >= 11 is 3.62. The van der Waals surface area contributed by atoms with Gasteiger partial charge in [0.15, 0.2) is 5.13 Å². The molecule has 0 spiro atoms. The predicted octanol–water partition coefficient (Wildman–Crippen LogP) is 4.57. The van der Waals surface area contributed by atoms with E-state index in [-0.39, 0.29) is 0 Å². The highest BCUT2D eigenvalue weighted by Gasteiger charge is 2.02. The molecule has 0 fully saturated rings. The summed E-state index contributed by atoms with van der Waals surface area (Å²) in [5.41, 5.74) is 1.31. The molecule has 1 aromatic heterocycles. The van der Waals surface area contributed by atoms with Crippen molar-refractivity contribution in [3.8, 4) is 0 Å². The van der Waals surface area contributed by atoms with Crippen molar-refractivity contribution in [1.29, 1.82) is 0 Å². The van der Waals surface area contributed by atoms with E-state index in [1.807, 2.05) is 18.0 Å². The zero-order chi connectivity index (χ0) is 12.8. The van der Waals surface area contributed by atoms with Crippen LogP contribution in [0.3, 0.4) is 0 Å². The van der Waals surface area contributed by atoms with Crippen molar-refractivity contribution in [1.82, 2.24) is 4.98 Å². The van der Waals surface area contributed by atoms with E-state index in [1.165, 1.54) is 15.3 Å². The molecule has 2 rings (SSSR count). The number of hydrogen-bond acceptors (Lipinski definition) is 4. The first-order chi connectivity index (χ1) is 8.78. The van der Waals surface area contributed by atoms with Gasteiger partial charge >= 0.3 is 0 Å². The molecular formula is C14H18N2S2. The monoisotopic (exact) mass is 278 g/mol. The first-order valence-corrected chi connectivity index (χ1v) is 7.96. The molecule has 0 atom stereocenters. The smallest absolute Gasteiger partial charge is 0.182 e. The minimum Gasteiger partial charge on any atom is -0.362 e. The SMILES string of the molecule is CCCNc1ncc(CSc2cccc(C)c2)s1. The van der Waals surface area contributed by atoms with Crippen molar-refractivity contribution in [2.75, 3.05) is 11.9 Å². The molecule has 4 heteroatoms. The molecule has 0 saturated heterocycles. The summed E-state index contributed by atoms with van der Waals surface area (Å²) < 4.78 is 0. The zero-order valence-corrected chi connectivity index (χ0v) is 12.4. The normalized spacial score (nSPS) is 10.6. The van der Waals surface area contributed by atoms with Crippen LogP contribution >= 0.6 is 23.1 Å². The van der Waals surface area contributed by atoms with Crippen molar-refractivity contribution in [3.63, 3.8) is 0 Å². The van der Waals surface area contributed by atoms with E-state index in [9.17, 15) is 0 Å². The number of thiazole rings is 1. The minimum absolute atomic E-state index is 0.995. The fraction of sp³-hybridized carbons (Fsp3) is 0.357. The summed E-state index contributed by atoms with van der Waals surface area (Å²) in [4.78, 5) is 7.02. The zero-order valence-electron chi connectivity index (χ0n) is 10.8. The third-order valence-electron chi connectivity index (χ3n) is 2.45. The van der Waals surface area contributed by atoms with Gasteiger partial charge in [0.1, 0.15) is 0 Å². The second-order valence-corrected chi connectivity index (χ2v) is 6.33. The van der Waals surface area contributed by atoms with Crippen molar-refractivity contribution in [3.05, 3.63) is 40.9 Å². The molecule has 0 bridgehead atoms. The first kappa shape index (κ1) is 13.4. The van der Waals surface area contributed by atoms with E-state index in [2.05, 4.69) is 48.4 Å². The van der Waals surface area contributed by atoms with Gasteiger partial charge in [-0.2, -0.15) is 0 Å². The molecule has 0 aliphatic rings. The lowest BCUT2D eigenvalue weighted by Crippen LogP contribution is -1.97. The molecule has 0 saturated carbocycles. The van der Waals surface area contributed by atoms with Gasteiger partial charge in [-0.3, -0.25) is 0 Å². The van der Waals surface area contributed by atoms with E-state index in [0.717, 1.165) is 23.8 Å². The average Bonchev–Trinajstić information content (AvgIpc) is 2.82. The fourth-order valence-corrected chi connectivity index (χ4v) is 3.42. The van der Waals surface area contributed by atoms with Crippen LogP contribution in [0.2, 0.25) is 0 Å². The molecule has 1 heterocycles. The third-order valence-corrected chi connectivity index (χ3v) is 4.63. The number of hydrogen-bond donors (Lipinski definition) is 1. The van der Waals surface area contributed by atoms with Gasteiger partial charge in [0.05, 0.1) is 0 Å². The van der Waals surface area contributed by atoms with Crippen LogP contribution in [0.5, 0.6) is 0 Å². The van der Waals surface area contributed by atoms with Crippen molar-refractivity contribution >= 4 is 28.2 Å². The van der Waals surface area contributed by atoms with Gasteiger partial charge in [-0.05, 0) is 25.5 Å². The second kappa shape index (κ2) is 6.81. The number of nitrogens with one attached hydrogen (secondary N) is 1. The van der Waals surface area contributed by atoms with E-state index >= 15 is 0 Å². The van der Waals surface area contributed by atoms with Crippen LogP contribution < -0.4 is 5.32 Å². The number of nitrogens with zero attached hydrogens (tertiary/aromatic N) is 1. The summed E-state index contributed by atoms with van der Waals surface area (Å²) in [7, 11) is 0. The molecule has 96 valence electrons. The predicted molar refractivity (Wildman–Crippen MR) is 81.6 cm³/mol. The number of aryl methyl sites for hydroxylation is 1. The Bertz CT molecular complexity index is 494. The average molecular weight is 278 g/mol. The van der Waals surface area contributed by atoms with E-state index in [0.29, 0.717) is 0 Å². The summed E-state index contributed by atoms with van der Waals surface area (Å²) in [5, 5.41) is 4.36. The molecule has 18 heavy (non-hydrogen) atoms. The lowest BCUT2D eigenvalue weighted by Gasteiger charge is -2.00. The summed E-state index contributed by atoms with van der Waals surface area (Å²) in [6.07, 6.45) is 3.11. The van der Waals surface area contributed by atoms with E-state index < -0.39 is 0 Å². The molecule has 2 aromatic rings. The molecular weight excluding hydrogens is 260 g/mol. The number of aromatic nitrogens is 1. The Labute approximate surface area is 117 Å². The third kappa shape index (κ3) is 4.03. The van der Waals surface area contributed by atoms with Gasteiger partial charge in [0, 0.05) is 28.3 Å². The maximum atomic E-state index is 4.38. The van der Waals surface area contributed by atoms with Gasteiger partial charge in [-0.15, -0.1) is 23.1 Å². The quantitative estimate of drug-likeness (QED) is 0.784. The van der Waals surface area contributed by atoms with Crippen molar-refractivity contribution in [2.24, 2.45) is 0 Å². The maximum Gasteiger partial charge on any atom is 0.182 e. The Kier molecular flexibility index (Phi) is 5.08. The Hall–Kier alpha value is -1.00. The number of anilines is 1. The largest absolute Gasteiger partial charge is 0.362 e. The Morgan fingerprint density at radius 3 is 3.06 bits per heavy atom. The molecule has 1 aromatic carbocycles. The fourth-order valence-electron chi connectivity index (χ4n) is 1.55. The second-order valence-electron chi connectivity index (χ2n) is 4.16. The van der Waals surface area contributed by atoms with Crippen LogP contribution in [0.4, 0.5) is 5.13 Å². The Morgan fingerprint density at radius 2 is 2.28 bits per heavy atom. The van der Waals surface area contributed by atoms with Crippen LogP contribution in [0.25, 0.3) is 0 Å². The highest BCUT2D eigenvalue weighted by Crippen LogP contribution is 2.27. The highest BCUT2D eigenvalue weighted by atomic mass is 32.2. The summed E-state index contributed by atoms with van der Waals surface area (Å²) in [6.45, 7) is 5.29. The molecule has 0 aliphatic carbocycles. The lowest BCUT2D eigenvalue weighted by molar-refractivity contribution is 0.976. The van der Waals surface area contributed by atoms with Gasteiger partial charge < -0.3 is 5.32 Å². The molecule has 0 amide bonds. The van der Waals surface area contributed by atoms with Crippen LogP contribution in [0.15, 0.2) is 35.4 Å². The molecule has 0 unspecified atom stereocenters. The number of benzene rings is 1. The lowest BCUT2D eigenvalue weighted by atomic mass is 10.2. The van der Waals surface area contributed by atoms with Gasteiger partial charge in [-0.25, -0.2) is 4.98 Å². The van der Waals surface area contributed by atoms with Crippen LogP contribution in [0, 0.1) is 6.92 Å². The van der Waals surface area contributed by atoms with Crippen molar-refractivity contribution < 1.29 is 0 Å². The van der Waals surface area contributed by atoms with E-state index in [1.54, 1.807) is 11.3 Å². The Morgan fingerprint density at radius 1 is 1.39 bits per heavy atom. The number of rotatable bonds is 6. The summed E-state index contributed by atoms with van der Waals surface area (Å²) in [5.74, 6) is 0.995. The number of thioether (sulfide) groups is 1. The van der Waals surface area contributed by atoms with Gasteiger partial charge in [0.25, 0.3) is 0 Å². The summed E-state index contributed by atoms with van der Waals surface area (Å²) in [6, 6.07) is 8.62. The maximum absolute atomic E-state index is 4.38. The standard InChI is InChI=1S/C14H18N2S2/c1-3-7-15-14-16-9-13(18-14)10-17-12-6-4-5-11(2)8-12/h4-6,8-9H,3,7,10H2,1-2H3,(H,15,16). The van der Waals surface area contributed by atoms with Crippen molar-refractivity contribution in [2.45, 2.75) is 30.9 Å². The van der Waals surface area contributed by atoms with E-state index in [4.69, 9.17) is 0 Å². The minimum atomic E-state index is 0.995. The molecule has 2 nitrogen and oxygen atoms in total. The van der Waals surface area contributed by atoms with Crippen LogP contribution in [-0.2, 0) is 5.75 Å². The molecule has 1 N–H and O–H groups in total. The Balaban J connectivity index is 1.88. The first-order valence-electron chi connectivity index (χ1n) is 6.16. The van der Waals surface area contributed by atoms with Gasteiger partial charge in [-0.1, -0.05) is 24.6 Å². The van der Waals surface area contributed by atoms with Gasteiger partial charge in [0.2, 0.25) is 0 Å². The van der Waals surface area contributed by atoms with Crippen LogP contribution in [-0.4, -0.2) is 11.5 Å². The molecule has 0 aliphatic heterocycles. The topological polar surface area (TPSA) is 24.9 Å².